The van der Waals surface area contributed by atoms with Crippen LogP contribution in [0.4, 0.5) is 11.4 Å². The second kappa shape index (κ2) is 8.38. The van der Waals surface area contributed by atoms with E-state index in [1.54, 1.807) is 42.0 Å². The quantitative estimate of drug-likeness (QED) is 0.549. The zero-order chi connectivity index (χ0) is 24.1. The number of anilines is 2. The van der Waals surface area contributed by atoms with Crippen molar-refractivity contribution in [2.24, 2.45) is 5.92 Å². The molecule has 0 aliphatic carbocycles. The van der Waals surface area contributed by atoms with Gasteiger partial charge >= 0.3 is 0 Å². The van der Waals surface area contributed by atoms with Crippen molar-refractivity contribution in [3.63, 3.8) is 0 Å². The minimum absolute atomic E-state index is 0.00411. The number of aromatic nitrogens is 2. The molecule has 176 valence electrons. The van der Waals surface area contributed by atoms with Crippen molar-refractivity contribution in [2.45, 2.75) is 31.7 Å². The monoisotopic (exact) mass is 490 g/mol. The Labute approximate surface area is 194 Å². The van der Waals surface area contributed by atoms with Gasteiger partial charge in [0.15, 0.2) is 5.75 Å². The first kappa shape index (κ1) is 23.1. The van der Waals surface area contributed by atoms with E-state index >= 15 is 0 Å². The number of hydrogen-bond donors (Lipinski definition) is 2. The fourth-order valence-electron chi connectivity index (χ4n) is 3.77. The van der Waals surface area contributed by atoms with E-state index in [0.717, 1.165) is 11.8 Å². The molecule has 1 unspecified atom stereocenters. The fourth-order valence-corrected chi connectivity index (χ4v) is 5.50. The van der Waals surface area contributed by atoms with Gasteiger partial charge in [-0.15, -0.1) is 0 Å². The first-order chi connectivity index (χ1) is 15.5. The molecule has 0 saturated carbocycles. The second-order valence-electron chi connectivity index (χ2n) is 8.38. The molecule has 1 atom stereocenters. The van der Waals surface area contributed by atoms with E-state index in [2.05, 4.69) is 5.32 Å². The van der Waals surface area contributed by atoms with E-state index < -0.39 is 26.4 Å². The number of nitrogens with zero attached hydrogens (tertiary/aromatic N) is 3. The Bertz CT molecular complexity index is 1470. The highest BCUT2D eigenvalue weighted by molar-refractivity contribution is 7.94. The molecule has 0 radical (unpaired) electrons. The predicted molar refractivity (Wildman–Crippen MR) is 130 cm³/mol. The summed E-state index contributed by atoms with van der Waals surface area (Å²) < 4.78 is 42.6. The van der Waals surface area contributed by atoms with Crippen LogP contribution >= 0.6 is 0 Å². The van der Waals surface area contributed by atoms with E-state index in [-0.39, 0.29) is 27.6 Å². The largest absolute Gasteiger partial charge is 0.505 e. The van der Waals surface area contributed by atoms with Crippen LogP contribution in [0.15, 0.2) is 51.6 Å². The number of rotatable bonds is 6. The molecule has 33 heavy (non-hydrogen) atoms. The number of aromatic hydroxyl groups is 1. The Hall–Kier alpha value is -3.05. The van der Waals surface area contributed by atoms with Gasteiger partial charge in [-0.25, -0.2) is 17.3 Å². The van der Waals surface area contributed by atoms with Crippen molar-refractivity contribution in [2.75, 3.05) is 22.9 Å². The van der Waals surface area contributed by atoms with Gasteiger partial charge in [-0.1, -0.05) is 13.8 Å². The molecule has 3 heterocycles. The summed E-state index contributed by atoms with van der Waals surface area (Å²) >= 11 is 0. The number of sulfone groups is 1. The van der Waals surface area contributed by atoms with E-state index in [9.17, 15) is 22.5 Å². The van der Waals surface area contributed by atoms with E-state index in [1.165, 1.54) is 21.3 Å². The minimum Gasteiger partial charge on any atom is -0.505 e. The molecular formula is C22H26N4O5S2. The van der Waals surface area contributed by atoms with Crippen LogP contribution in [0.3, 0.4) is 0 Å². The van der Waals surface area contributed by atoms with Gasteiger partial charge in [0, 0.05) is 26.0 Å². The molecule has 2 aromatic heterocycles. The van der Waals surface area contributed by atoms with Gasteiger partial charge < -0.3 is 10.4 Å². The Kier molecular flexibility index (Phi) is 5.87. The van der Waals surface area contributed by atoms with Crippen molar-refractivity contribution in [1.29, 1.82) is 0 Å². The van der Waals surface area contributed by atoms with Gasteiger partial charge in [-0.3, -0.25) is 13.6 Å². The Morgan fingerprint density at radius 1 is 1.24 bits per heavy atom. The maximum absolute atomic E-state index is 13.4. The summed E-state index contributed by atoms with van der Waals surface area (Å²) in [5.41, 5.74) is 0.565. The summed E-state index contributed by atoms with van der Waals surface area (Å²) in [5.74, 6) is 0.0600. The number of nitrogens with one attached hydrogen (secondary N) is 1. The zero-order valence-electron chi connectivity index (χ0n) is 18.8. The lowest BCUT2D eigenvalue weighted by Crippen LogP contribution is -2.31. The van der Waals surface area contributed by atoms with Crippen LogP contribution in [0.25, 0.3) is 11.2 Å². The van der Waals surface area contributed by atoms with Crippen LogP contribution in [0.1, 0.15) is 25.8 Å². The molecule has 1 aliphatic rings. The van der Waals surface area contributed by atoms with E-state index in [0.29, 0.717) is 23.7 Å². The first-order valence-corrected chi connectivity index (χ1v) is 13.5. The van der Waals surface area contributed by atoms with Crippen LogP contribution in [0.2, 0.25) is 0 Å². The van der Waals surface area contributed by atoms with Crippen molar-refractivity contribution in [1.82, 2.24) is 9.20 Å². The summed E-state index contributed by atoms with van der Waals surface area (Å²) in [5, 5.41) is 14.9. The third kappa shape index (κ3) is 4.06. The molecule has 0 amide bonds. The normalized spacial score (nSPS) is 15.7. The van der Waals surface area contributed by atoms with E-state index in [4.69, 9.17) is 0 Å². The van der Waals surface area contributed by atoms with Crippen molar-refractivity contribution >= 4 is 43.4 Å². The molecule has 0 saturated heterocycles. The lowest BCUT2D eigenvalue weighted by molar-refractivity contribution is 0.436. The van der Waals surface area contributed by atoms with Crippen molar-refractivity contribution < 1.29 is 17.7 Å². The van der Waals surface area contributed by atoms with Gasteiger partial charge in [0.2, 0.25) is 9.84 Å². The third-order valence-electron chi connectivity index (χ3n) is 5.67. The van der Waals surface area contributed by atoms with Crippen LogP contribution < -0.4 is 15.2 Å². The molecule has 0 spiro atoms. The van der Waals surface area contributed by atoms with Crippen LogP contribution in [0.5, 0.6) is 5.75 Å². The number of aryl methyl sites for hydroxylation is 1. The Balaban J connectivity index is 1.87. The molecule has 3 aromatic rings. The molecule has 11 heteroatoms. The number of fused-ring (bicyclic) bond motifs is 2. The Morgan fingerprint density at radius 3 is 2.64 bits per heavy atom. The summed E-state index contributed by atoms with van der Waals surface area (Å²) in [6, 6.07) is 8.02. The summed E-state index contributed by atoms with van der Waals surface area (Å²) in [6.45, 7) is 4.51. The van der Waals surface area contributed by atoms with Crippen molar-refractivity contribution in [3.8, 4) is 5.75 Å². The highest BCUT2D eigenvalue weighted by atomic mass is 32.2. The summed E-state index contributed by atoms with van der Waals surface area (Å²) in [4.78, 5) is 13.4. The highest BCUT2D eigenvalue weighted by Crippen LogP contribution is 2.37. The molecule has 0 bridgehead atoms. The third-order valence-corrected chi connectivity index (χ3v) is 8.15. The standard InChI is InChI=1S/C22H26N4O5S2/c1-14(2)9-11-26-22(28)20(21(27)18-6-5-10-25(18)26)17-13-33(30,31)19-12-15(24(3)32(4)29)7-8-16(19)23-17/h5-8,10,12-14,23,27H,9,11H2,1-4H3. The summed E-state index contributed by atoms with van der Waals surface area (Å²) in [7, 11) is -3.67. The molecule has 0 fully saturated rings. The van der Waals surface area contributed by atoms with Gasteiger partial charge in [0.25, 0.3) is 5.56 Å². The minimum atomic E-state index is -3.95. The molecule has 2 N–H and O–H groups in total. The van der Waals surface area contributed by atoms with Gasteiger partial charge in [0.05, 0.1) is 27.4 Å². The average molecular weight is 491 g/mol. The SMILES string of the molecule is CC(C)CCn1c(=O)c(C2=CS(=O)(=O)c3cc(N(C)S(C)=O)ccc3N2)c(O)c2cccn21. The number of benzene rings is 1. The van der Waals surface area contributed by atoms with Gasteiger partial charge in [0.1, 0.15) is 22.1 Å². The second-order valence-corrected chi connectivity index (χ2v) is 11.5. The molecular weight excluding hydrogens is 464 g/mol. The van der Waals surface area contributed by atoms with Crippen LogP contribution in [-0.4, -0.2) is 40.2 Å². The molecule has 9 nitrogen and oxygen atoms in total. The highest BCUT2D eigenvalue weighted by Gasteiger charge is 2.29. The summed E-state index contributed by atoms with van der Waals surface area (Å²) in [6.07, 6.45) is 3.92. The van der Waals surface area contributed by atoms with E-state index in [1.807, 2.05) is 13.8 Å². The maximum Gasteiger partial charge on any atom is 0.278 e. The average Bonchev–Trinajstić information content (AvgIpc) is 3.22. The fraction of sp³-hybridized carbons (Fsp3) is 0.318. The first-order valence-electron chi connectivity index (χ1n) is 10.4. The van der Waals surface area contributed by atoms with Gasteiger partial charge in [-0.05, 0) is 42.7 Å². The molecule has 1 aromatic carbocycles. The molecule has 1 aliphatic heterocycles. The Morgan fingerprint density at radius 2 is 1.97 bits per heavy atom. The van der Waals surface area contributed by atoms with Crippen molar-refractivity contribution in [3.05, 3.63) is 57.9 Å². The van der Waals surface area contributed by atoms with Crippen LogP contribution in [-0.2, 0) is 27.4 Å². The van der Waals surface area contributed by atoms with Gasteiger partial charge in [-0.2, -0.15) is 0 Å². The van der Waals surface area contributed by atoms with Crippen LogP contribution in [0, 0.1) is 5.92 Å². The maximum atomic E-state index is 13.4. The lowest BCUT2D eigenvalue weighted by Gasteiger charge is -2.23. The number of hydrogen-bond acceptors (Lipinski definition) is 6. The topological polar surface area (TPSA) is 113 Å². The lowest BCUT2D eigenvalue weighted by atomic mass is 10.1. The molecule has 4 rings (SSSR count). The zero-order valence-corrected chi connectivity index (χ0v) is 20.4. The smallest absolute Gasteiger partial charge is 0.278 e. The predicted octanol–water partition coefficient (Wildman–Crippen LogP) is 2.78.